The van der Waals surface area contributed by atoms with E-state index in [0.717, 1.165) is 37.0 Å². The lowest BCUT2D eigenvalue weighted by Crippen LogP contribution is -2.49. The first-order valence-corrected chi connectivity index (χ1v) is 8.73. The van der Waals surface area contributed by atoms with Crippen LogP contribution < -0.4 is 9.88 Å². The average molecular weight is 331 g/mol. The van der Waals surface area contributed by atoms with E-state index in [-0.39, 0.29) is 17.9 Å². The number of aromatic nitrogens is 3. The van der Waals surface area contributed by atoms with Gasteiger partial charge in [-0.15, -0.1) is 0 Å². The van der Waals surface area contributed by atoms with E-state index in [1.165, 1.54) is 0 Å². The number of amides is 1. The summed E-state index contributed by atoms with van der Waals surface area (Å²) in [5, 5.41) is 13.6. The van der Waals surface area contributed by atoms with Gasteiger partial charge in [0.05, 0.1) is 24.4 Å². The third kappa shape index (κ3) is 2.90. The molecule has 1 fully saturated rings. The molecule has 1 atom stereocenters. The van der Waals surface area contributed by atoms with Crippen LogP contribution in [0.2, 0.25) is 0 Å². The number of hydrogen-bond donors (Lipinski definition) is 3. The van der Waals surface area contributed by atoms with Crippen LogP contribution in [-0.2, 0) is 7.05 Å². The maximum absolute atomic E-state index is 12.7. The smallest absolute Gasteiger partial charge is 0.306 e. The molecular formula is C18H27N4O2+. The molecule has 24 heavy (non-hydrogen) atoms. The highest BCUT2D eigenvalue weighted by Gasteiger charge is 2.38. The standard InChI is InChI=1S/C18H26N4O2/c1-11(2)14-10-22(4)16-15(21-14)13(9-19-16)17(23)20-12(3)18(24)7-5-6-8-18/h9-12,24H,5-8H2,1-4H3,(H,20,23)/p+1. The molecule has 0 radical (unpaired) electrons. The Balaban J connectivity index is 1.90. The molecule has 2 heterocycles. The fourth-order valence-corrected chi connectivity index (χ4v) is 3.49. The number of H-pyrrole nitrogens is 1. The van der Waals surface area contributed by atoms with Crippen molar-refractivity contribution < 1.29 is 14.5 Å². The summed E-state index contributed by atoms with van der Waals surface area (Å²) in [4.78, 5) is 20.5. The Morgan fingerprint density at radius 1 is 1.38 bits per heavy atom. The highest BCUT2D eigenvalue weighted by molar-refractivity contribution is 6.04. The molecule has 6 nitrogen and oxygen atoms in total. The normalized spacial score (nSPS) is 18.2. The zero-order chi connectivity index (χ0) is 17.5. The van der Waals surface area contributed by atoms with E-state index in [1.54, 1.807) is 6.20 Å². The van der Waals surface area contributed by atoms with Crippen molar-refractivity contribution in [2.75, 3.05) is 0 Å². The van der Waals surface area contributed by atoms with Gasteiger partial charge in [0.15, 0.2) is 5.52 Å². The average Bonchev–Trinajstić information content (AvgIpc) is 3.14. The van der Waals surface area contributed by atoms with Crippen LogP contribution in [0.25, 0.3) is 11.2 Å². The van der Waals surface area contributed by atoms with Crippen molar-refractivity contribution in [1.82, 2.24) is 15.3 Å². The van der Waals surface area contributed by atoms with Gasteiger partial charge in [-0.25, -0.2) is 14.5 Å². The number of aromatic amines is 1. The number of carbonyl (C=O) groups is 1. The lowest BCUT2D eigenvalue weighted by Gasteiger charge is -2.30. The predicted octanol–water partition coefficient (Wildman–Crippen LogP) is 1.93. The number of aryl methyl sites for hydroxylation is 1. The lowest BCUT2D eigenvalue weighted by atomic mass is 9.93. The second-order valence-electron chi connectivity index (χ2n) is 7.34. The van der Waals surface area contributed by atoms with Crippen molar-refractivity contribution in [2.45, 2.75) is 64.0 Å². The van der Waals surface area contributed by atoms with Crippen molar-refractivity contribution >= 4 is 17.1 Å². The molecule has 0 spiro atoms. The Bertz CT molecular complexity index is 760. The van der Waals surface area contributed by atoms with Crippen molar-refractivity contribution in [3.05, 3.63) is 23.7 Å². The summed E-state index contributed by atoms with van der Waals surface area (Å²) in [6.07, 6.45) is 7.19. The van der Waals surface area contributed by atoms with E-state index < -0.39 is 5.60 Å². The minimum Gasteiger partial charge on any atom is -0.388 e. The fraction of sp³-hybridized carbons (Fsp3) is 0.611. The Kier molecular flexibility index (Phi) is 4.34. The van der Waals surface area contributed by atoms with E-state index >= 15 is 0 Å². The first-order chi connectivity index (χ1) is 11.3. The third-order valence-electron chi connectivity index (χ3n) is 5.21. The quantitative estimate of drug-likeness (QED) is 0.749. The summed E-state index contributed by atoms with van der Waals surface area (Å²) in [6.45, 7) is 6.04. The van der Waals surface area contributed by atoms with E-state index in [1.807, 2.05) is 24.7 Å². The minimum atomic E-state index is -0.789. The second kappa shape index (κ2) is 6.16. The SMILES string of the molecule is CC(C)c1c[n+](C)c2[nH]cc(C(=O)NC(C)C3(O)CCCC3)c2n1. The predicted molar refractivity (Wildman–Crippen MR) is 91.7 cm³/mol. The van der Waals surface area contributed by atoms with Crippen LogP contribution in [-0.4, -0.2) is 32.6 Å². The summed E-state index contributed by atoms with van der Waals surface area (Å²) < 4.78 is 1.96. The van der Waals surface area contributed by atoms with Crippen LogP contribution in [0.15, 0.2) is 12.4 Å². The Morgan fingerprint density at radius 2 is 2.04 bits per heavy atom. The summed E-state index contributed by atoms with van der Waals surface area (Å²) in [5.41, 5.74) is 2.17. The van der Waals surface area contributed by atoms with Gasteiger partial charge in [-0.2, -0.15) is 0 Å². The number of nitrogens with zero attached hydrogens (tertiary/aromatic N) is 2. The summed E-state index contributed by atoms with van der Waals surface area (Å²) in [7, 11) is 1.94. The van der Waals surface area contributed by atoms with Gasteiger partial charge in [0.2, 0.25) is 0 Å². The number of nitrogens with one attached hydrogen (secondary N) is 2. The van der Waals surface area contributed by atoms with Crippen LogP contribution in [0, 0.1) is 0 Å². The van der Waals surface area contributed by atoms with Crippen molar-refractivity contribution in [3.63, 3.8) is 0 Å². The van der Waals surface area contributed by atoms with E-state index in [0.29, 0.717) is 11.1 Å². The number of fused-ring (bicyclic) bond motifs is 1. The molecule has 3 N–H and O–H groups in total. The molecule has 0 saturated heterocycles. The first-order valence-electron chi connectivity index (χ1n) is 8.73. The van der Waals surface area contributed by atoms with Gasteiger partial charge in [0, 0.05) is 0 Å². The van der Waals surface area contributed by atoms with E-state index in [9.17, 15) is 9.90 Å². The largest absolute Gasteiger partial charge is 0.388 e. The van der Waals surface area contributed by atoms with Crippen LogP contribution in [0.5, 0.6) is 0 Å². The molecule has 2 aromatic heterocycles. The molecule has 1 unspecified atom stereocenters. The topological polar surface area (TPSA) is 81.9 Å². The van der Waals surface area contributed by atoms with Crippen molar-refractivity contribution in [2.24, 2.45) is 7.05 Å². The molecule has 3 rings (SSSR count). The highest BCUT2D eigenvalue weighted by atomic mass is 16.3. The van der Waals surface area contributed by atoms with Gasteiger partial charge < -0.3 is 10.4 Å². The number of aliphatic hydroxyl groups is 1. The van der Waals surface area contributed by atoms with Crippen molar-refractivity contribution in [1.29, 1.82) is 0 Å². The zero-order valence-electron chi connectivity index (χ0n) is 14.9. The Labute approximate surface area is 142 Å². The van der Waals surface area contributed by atoms with Gasteiger partial charge in [-0.1, -0.05) is 26.7 Å². The molecule has 6 heteroatoms. The Hall–Kier alpha value is -1.95. The van der Waals surface area contributed by atoms with E-state index in [2.05, 4.69) is 29.1 Å². The molecule has 0 aromatic carbocycles. The third-order valence-corrected chi connectivity index (χ3v) is 5.21. The van der Waals surface area contributed by atoms with Gasteiger partial charge in [0.1, 0.15) is 18.0 Å². The maximum Gasteiger partial charge on any atom is 0.306 e. The molecule has 1 amide bonds. The van der Waals surface area contributed by atoms with Crippen molar-refractivity contribution in [3.8, 4) is 0 Å². The molecular weight excluding hydrogens is 304 g/mol. The molecule has 0 aliphatic heterocycles. The molecule has 130 valence electrons. The highest BCUT2D eigenvalue weighted by Crippen LogP contribution is 2.32. The fourth-order valence-electron chi connectivity index (χ4n) is 3.49. The number of hydrogen-bond acceptors (Lipinski definition) is 3. The number of rotatable bonds is 4. The van der Waals surface area contributed by atoms with Crippen LogP contribution in [0.3, 0.4) is 0 Å². The van der Waals surface area contributed by atoms with Gasteiger partial charge in [-0.05, 0) is 25.7 Å². The van der Waals surface area contributed by atoms with Crippen LogP contribution >= 0.6 is 0 Å². The summed E-state index contributed by atoms with van der Waals surface area (Å²) in [6, 6.07) is -0.278. The maximum atomic E-state index is 12.7. The second-order valence-corrected chi connectivity index (χ2v) is 7.34. The van der Waals surface area contributed by atoms with E-state index in [4.69, 9.17) is 0 Å². The summed E-state index contributed by atoms with van der Waals surface area (Å²) in [5.74, 6) is 0.0898. The van der Waals surface area contributed by atoms with Gasteiger partial charge in [-0.3, -0.25) is 4.79 Å². The van der Waals surface area contributed by atoms with Crippen LogP contribution in [0.1, 0.15) is 68.4 Å². The molecule has 1 saturated carbocycles. The Morgan fingerprint density at radius 3 is 2.67 bits per heavy atom. The van der Waals surface area contributed by atoms with Gasteiger partial charge >= 0.3 is 5.65 Å². The van der Waals surface area contributed by atoms with Crippen LogP contribution in [0.4, 0.5) is 0 Å². The molecule has 1 aliphatic rings. The molecule has 2 aromatic rings. The summed E-state index contributed by atoms with van der Waals surface area (Å²) >= 11 is 0. The lowest BCUT2D eigenvalue weighted by molar-refractivity contribution is -0.647. The monoisotopic (exact) mass is 331 g/mol. The molecule has 1 aliphatic carbocycles. The minimum absolute atomic E-state index is 0.192. The molecule has 0 bridgehead atoms. The van der Waals surface area contributed by atoms with Gasteiger partial charge in [0.25, 0.3) is 5.91 Å². The zero-order valence-corrected chi connectivity index (χ0v) is 14.9. The number of carbonyl (C=O) groups excluding carboxylic acids is 1. The first kappa shape index (κ1) is 16.9.